The van der Waals surface area contributed by atoms with Gasteiger partial charge in [-0.1, -0.05) is 32.9 Å². The van der Waals surface area contributed by atoms with Crippen LogP contribution in [0.4, 0.5) is 5.69 Å². The fraction of sp³-hybridized carbons (Fsp3) is 0.400. The molecule has 0 aliphatic rings. The highest BCUT2D eigenvalue weighted by atomic mass is 32.1. The Balaban J connectivity index is 2.41. The first-order valence-corrected chi connectivity index (χ1v) is 6.99. The smallest absolute Gasteiger partial charge is 0.0988 e. The van der Waals surface area contributed by atoms with Crippen molar-refractivity contribution in [3.8, 4) is 10.4 Å². The number of thiazole rings is 1. The Labute approximate surface area is 113 Å². The van der Waals surface area contributed by atoms with E-state index in [1.807, 2.05) is 7.05 Å². The van der Waals surface area contributed by atoms with E-state index < -0.39 is 0 Å². The summed E-state index contributed by atoms with van der Waals surface area (Å²) in [5, 5.41) is 4.34. The van der Waals surface area contributed by atoms with Crippen LogP contribution < -0.4 is 5.32 Å². The predicted octanol–water partition coefficient (Wildman–Crippen LogP) is 4.46. The largest absolute Gasteiger partial charge is 0.388 e. The SMILES string of the molecule is CNc1ccc(-c2sc(C(C)(C)C)nc2C)cc1. The van der Waals surface area contributed by atoms with Crippen molar-refractivity contribution in [1.29, 1.82) is 0 Å². The summed E-state index contributed by atoms with van der Waals surface area (Å²) in [5.41, 5.74) is 3.64. The molecule has 0 saturated carbocycles. The van der Waals surface area contributed by atoms with Crippen LogP contribution in [0.1, 0.15) is 31.5 Å². The fourth-order valence-electron chi connectivity index (χ4n) is 1.77. The molecule has 1 aromatic carbocycles. The van der Waals surface area contributed by atoms with Crippen LogP contribution in [0, 0.1) is 6.92 Å². The van der Waals surface area contributed by atoms with E-state index >= 15 is 0 Å². The molecule has 0 amide bonds. The number of hydrogen-bond acceptors (Lipinski definition) is 3. The van der Waals surface area contributed by atoms with Crippen LogP contribution in [-0.4, -0.2) is 12.0 Å². The second kappa shape index (κ2) is 4.73. The number of aryl methyl sites for hydroxylation is 1. The summed E-state index contributed by atoms with van der Waals surface area (Å²) >= 11 is 1.80. The van der Waals surface area contributed by atoms with Crippen LogP contribution in [0.25, 0.3) is 10.4 Å². The average molecular weight is 260 g/mol. The van der Waals surface area contributed by atoms with Crippen LogP contribution in [0.2, 0.25) is 0 Å². The first-order valence-electron chi connectivity index (χ1n) is 6.18. The molecule has 0 unspecified atom stereocenters. The summed E-state index contributed by atoms with van der Waals surface area (Å²) in [4.78, 5) is 5.98. The molecular formula is C15H20N2S. The maximum Gasteiger partial charge on any atom is 0.0988 e. The molecule has 1 N–H and O–H groups in total. The second-order valence-corrected chi connectivity index (χ2v) is 6.51. The predicted molar refractivity (Wildman–Crippen MR) is 80.5 cm³/mol. The minimum atomic E-state index is 0.124. The lowest BCUT2D eigenvalue weighted by Crippen LogP contribution is -2.10. The normalized spacial score (nSPS) is 11.6. The highest BCUT2D eigenvalue weighted by Crippen LogP contribution is 2.35. The third kappa shape index (κ3) is 2.56. The molecule has 1 aromatic heterocycles. The number of benzene rings is 1. The van der Waals surface area contributed by atoms with Crippen molar-refractivity contribution < 1.29 is 0 Å². The van der Waals surface area contributed by atoms with Crippen molar-refractivity contribution >= 4 is 17.0 Å². The summed E-state index contributed by atoms with van der Waals surface area (Å²) < 4.78 is 0. The quantitative estimate of drug-likeness (QED) is 0.862. The van der Waals surface area contributed by atoms with Crippen molar-refractivity contribution in [3.63, 3.8) is 0 Å². The van der Waals surface area contributed by atoms with Gasteiger partial charge in [-0.15, -0.1) is 11.3 Å². The van der Waals surface area contributed by atoms with Crippen LogP contribution in [0.15, 0.2) is 24.3 Å². The maximum atomic E-state index is 4.70. The molecule has 2 rings (SSSR count). The van der Waals surface area contributed by atoms with E-state index in [1.165, 1.54) is 15.4 Å². The molecule has 2 nitrogen and oxygen atoms in total. The van der Waals surface area contributed by atoms with Gasteiger partial charge in [-0.2, -0.15) is 0 Å². The van der Waals surface area contributed by atoms with E-state index in [1.54, 1.807) is 11.3 Å². The molecule has 2 aromatic rings. The highest BCUT2D eigenvalue weighted by Gasteiger charge is 2.20. The van der Waals surface area contributed by atoms with E-state index in [0.717, 1.165) is 11.4 Å². The molecule has 0 fully saturated rings. The lowest BCUT2D eigenvalue weighted by molar-refractivity contribution is 0.584. The molecule has 0 radical (unpaired) electrons. The van der Waals surface area contributed by atoms with Gasteiger partial charge in [0.15, 0.2) is 0 Å². The third-order valence-corrected chi connectivity index (χ3v) is 4.51. The molecule has 3 heteroatoms. The van der Waals surface area contributed by atoms with E-state index in [9.17, 15) is 0 Å². The lowest BCUT2D eigenvalue weighted by atomic mass is 9.98. The van der Waals surface area contributed by atoms with Crippen LogP contribution >= 0.6 is 11.3 Å². The first kappa shape index (κ1) is 13.1. The number of nitrogens with one attached hydrogen (secondary N) is 1. The van der Waals surface area contributed by atoms with Crippen molar-refractivity contribution in [2.45, 2.75) is 33.1 Å². The molecule has 0 spiro atoms. The number of anilines is 1. The fourth-order valence-corrected chi connectivity index (χ4v) is 2.90. The number of aromatic nitrogens is 1. The first-order chi connectivity index (χ1) is 8.41. The molecule has 0 atom stereocenters. The molecule has 18 heavy (non-hydrogen) atoms. The van der Waals surface area contributed by atoms with Gasteiger partial charge in [0.1, 0.15) is 0 Å². The average Bonchev–Trinajstić information content (AvgIpc) is 2.71. The summed E-state index contributed by atoms with van der Waals surface area (Å²) in [6.07, 6.45) is 0. The van der Waals surface area contributed by atoms with Gasteiger partial charge >= 0.3 is 0 Å². The van der Waals surface area contributed by atoms with E-state index in [0.29, 0.717) is 0 Å². The Morgan fingerprint density at radius 1 is 1.11 bits per heavy atom. The molecule has 96 valence electrons. The van der Waals surface area contributed by atoms with Crippen LogP contribution in [-0.2, 0) is 5.41 Å². The Hall–Kier alpha value is -1.35. The molecule has 0 bridgehead atoms. The van der Waals surface area contributed by atoms with Crippen LogP contribution in [0.5, 0.6) is 0 Å². The Morgan fingerprint density at radius 2 is 1.72 bits per heavy atom. The monoisotopic (exact) mass is 260 g/mol. The van der Waals surface area contributed by atoms with Crippen molar-refractivity contribution in [1.82, 2.24) is 4.98 Å². The van der Waals surface area contributed by atoms with Gasteiger partial charge < -0.3 is 5.32 Å². The minimum Gasteiger partial charge on any atom is -0.388 e. The zero-order valence-electron chi connectivity index (χ0n) is 11.7. The summed E-state index contributed by atoms with van der Waals surface area (Å²) in [6, 6.07) is 8.51. The lowest BCUT2D eigenvalue weighted by Gasteiger charge is -2.13. The zero-order valence-corrected chi connectivity index (χ0v) is 12.5. The molecule has 1 heterocycles. The molecule has 0 saturated heterocycles. The van der Waals surface area contributed by atoms with Gasteiger partial charge in [-0.25, -0.2) is 4.98 Å². The summed E-state index contributed by atoms with van der Waals surface area (Å²) in [7, 11) is 1.94. The van der Waals surface area contributed by atoms with Crippen molar-refractivity contribution in [2.24, 2.45) is 0 Å². The zero-order chi connectivity index (χ0) is 13.3. The Kier molecular flexibility index (Phi) is 3.44. The molecular weight excluding hydrogens is 240 g/mol. The van der Waals surface area contributed by atoms with E-state index in [4.69, 9.17) is 4.98 Å². The maximum absolute atomic E-state index is 4.70. The van der Waals surface area contributed by atoms with Crippen LogP contribution in [0.3, 0.4) is 0 Å². The number of hydrogen-bond donors (Lipinski definition) is 1. The van der Waals surface area contributed by atoms with Gasteiger partial charge in [0.2, 0.25) is 0 Å². The third-order valence-electron chi connectivity index (χ3n) is 2.87. The second-order valence-electron chi connectivity index (χ2n) is 5.51. The number of nitrogens with zero attached hydrogens (tertiary/aromatic N) is 1. The topological polar surface area (TPSA) is 24.9 Å². The Bertz CT molecular complexity index is 533. The number of rotatable bonds is 2. The van der Waals surface area contributed by atoms with E-state index in [-0.39, 0.29) is 5.41 Å². The minimum absolute atomic E-state index is 0.124. The van der Waals surface area contributed by atoms with Gasteiger partial charge in [0.25, 0.3) is 0 Å². The molecule has 0 aliphatic heterocycles. The highest BCUT2D eigenvalue weighted by molar-refractivity contribution is 7.15. The summed E-state index contributed by atoms with van der Waals surface area (Å²) in [6.45, 7) is 8.71. The standard InChI is InChI=1S/C15H20N2S/c1-10-13(18-14(17-10)15(2,3)4)11-6-8-12(16-5)9-7-11/h6-9,16H,1-5H3. The summed E-state index contributed by atoms with van der Waals surface area (Å²) in [5.74, 6) is 0. The van der Waals surface area contributed by atoms with Gasteiger partial charge in [0, 0.05) is 18.2 Å². The van der Waals surface area contributed by atoms with Gasteiger partial charge in [-0.3, -0.25) is 0 Å². The Morgan fingerprint density at radius 3 is 2.17 bits per heavy atom. The van der Waals surface area contributed by atoms with E-state index in [2.05, 4.69) is 57.3 Å². The van der Waals surface area contributed by atoms with Crippen molar-refractivity contribution in [2.75, 3.05) is 12.4 Å². The molecule has 0 aliphatic carbocycles. The van der Waals surface area contributed by atoms with Crippen molar-refractivity contribution in [3.05, 3.63) is 35.0 Å². The van der Waals surface area contributed by atoms with Gasteiger partial charge in [-0.05, 0) is 24.6 Å². The van der Waals surface area contributed by atoms with Gasteiger partial charge in [0.05, 0.1) is 15.6 Å².